The van der Waals surface area contributed by atoms with Crippen molar-refractivity contribution in [3.63, 3.8) is 0 Å². The van der Waals surface area contributed by atoms with E-state index >= 15 is 0 Å². The van der Waals surface area contributed by atoms with E-state index in [-0.39, 0.29) is 10.3 Å². The lowest BCUT2D eigenvalue weighted by Gasteiger charge is -2.24. The zero-order valence-corrected chi connectivity index (χ0v) is 13.2. The first-order valence-corrected chi connectivity index (χ1v) is 8.56. The Morgan fingerprint density at radius 1 is 1.44 bits per heavy atom. The van der Waals surface area contributed by atoms with Crippen molar-refractivity contribution in [3.8, 4) is 0 Å². The van der Waals surface area contributed by atoms with Gasteiger partial charge in [-0.3, -0.25) is 0 Å². The van der Waals surface area contributed by atoms with Gasteiger partial charge in [-0.25, -0.2) is 13.4 Å². The average molecular weight is 355 g/mol. The number of anilines is 1. The molecule has 0 spiro atoms. The molecule has 5 nitrogen and oxygen atoms in total. The summed E-state index contributed by atoms with van der Waals surface area (Å²) in [4.78, 5) is 9.97. The van der Waals surface area contributed by atoms with E-state index in [9.17, 15) is 8.42 Å². The smallest absolute Gasteiger partial charge is 0.250 e. The molecule has 1 saturated heterocycles. The van der Waals surface area contributed by atoms with E-state index in [1.165, 1.54) is 0 Å². The minimum absolute atomic E-state index is 0.125. The minimum atomic E-state index is -3.47. The molecule has 1 unspecified atom stereocenters. The van der Waals surface area contributed by atoms with E-state index in [1.807, 2.05) is 4.90 Å². The van der Waals surface area contributed by atoms with Gasteiger partial charge < -0.3 is 4.90 Å². The van der Waals surface area contributed by atoms with Gasteiger partial charge in [0.2, 0.25) is 15.0 Å². The average Bonchev–Trinajstić information content (AvgIpc) is 2.67. The summed E-state index contributed by atoms with van der Waals surface area (Å²) in [6, 6.07) is 0.319. The molecule has 1 aliphatic heterocycles. The summed E-state index contributed by atoms with van der Waals surface area (Å²) in [5.41, 5.74) is 0. The van der Waals surface area contributed by atoms with Crippen molar-refractivity contribution in [1.29, 1.82) is 0 Å². The molecule has 1 fully saturated rings. The van der Waals surface area contributed by atoms with Crippen LogP contribution in [0, 0.1) is 0 Å². The quantitative estimate of drug-likeness (QED) is 0.602. The van der Waals surface area contributed by atoms with Crippen molar-refractivity contribution >= 4 is 43.2 Å². The molecule has 0 saturated carbocycles. The largest absolute Gasteiger partial charge is 0.353 e. The summed E-state index contributed by atoms with van der Waals surface area (Å²) in [5.74, 6) is 0.556. The Morgan fingerprint density at radius 2 is 2.11 bits per heavy atom. The maximum atomic E-state index is 11.5. The number of rotatable bonds is 2. The molecule has 18 heavy (non-hydrogen) atoms. The van der Waals surface area contributed by atoms with E-state index in [1.54, 1.807) is 0 Å². The van der Waals surface area contributed by atoms with Gasteiger partial charge in [-0.1, -0.05) is 11.6 Å². The van der Waals surface area contributed by atoms with Crippen molar-refractivity contribution in [2.45, 2.75) is 31.0 Å². The van der Waals surface area contributed by atoms with Gasteiger partial charge in [0, 0.05) is 18.8 Å². The Hall–Kier alpha value is -0.400. The van der Waals surface area contributed by atoms with E-state index < -0.39 is 9.84 Å². The van der Waals surface area contributed by atoms with Crippen LogP contribution in [0.5, 0.6) is 0 Å². The van der Waals surface area contributed by atoms with Gasteiger partial charge in [0.05, 0.1) is 4.47 Å². The van der Waals surface area contributed by atoms with Crippen LogP contribution in [0.15, 0.2) is 9.63 Å². The molecule has 1 aromatic heterocycles. The Labute approximate surface area is 120 Å². The van der Waals surface area contributed by atoms with Gasteiger partial charge >= 0.3 is 0 Å². The number of aromatic nitrogens is 2. The first-order chi connectivity index (χ1) is 8.30. The van der Waals surface area contributed by atoms with Gasteiger partial charge in [-0.05, 0) is 35.7 Å². The van der Waals surface area contributed by atoms with Crippen LogP contribution in [0.3, 0.4) is 0 Å². The third kappa shape index (κ3) is 2.62. The molecule has 0 aliphatic carbocycles. The summed E-state index contributed by atoms with van der Waals surface area (Å²) < 4.78 is 23.6. The highest BCUT2D eigenvalue weighted by Crippen LogP contribution is 2.34. The lowest BCUT2D eigenvalue weighted by molar-refractivity contribution is 0.592. The number of sulfone groups is 1. The molecule has 0 radical (unpaired) electrons. The molecule has 1 aliphatic rings. The molecule has 1 aromatic rings. The lowest BCUT2D eigenvalue weighted by atomic mass is 10.2. The molecule has 2 heterocycles. The van der Waals surface area contributed by atoms with Crippen LogP contribution in [-0.2, 0) is 9.84 Å². The molecule has 8 heteroatoms. The SMILES string of the molecule is CC1CCCN1c1nc(S(C)(=O)=O)nc(Cl)c1Br. The molecule has 100 valence electrons. The van der Waals surface area contributed by atoms with Crippen molar-refractivity contribution in [2.75, 3.05) is 17.7 Å². The monoisotopic (exact) mass is 353 g/mol. The number of nitrogens with zero attached hydrogens (tertiary/aromatic N) is 3. The first kappa shape index (κ1) is 14.0. The summed E-state index contributed by atoms with van der Waals surface area (Å²) in [5, 5.41) is -0.107. The summed E-state index contributed by atoms with van der Waals surface area (Å²) >= 11 is 9.29. The summed E-state index contributed by atoms with van der Waals surface area (Å²) in [6.07, 6.45) is 3.19. The summed E-state index contributed by atoms with van der Waals surface area (Å²) in [6.45, 7) is 2.92. The zero-order chi connectivity index (χ0) is 13.5. The van der Waals surface area contributed by atoms with Crippen LogP contribution in [0.4, 0.5) is 5.82 Å². The van der Waals surface area contributed by atoms with E-state index in [4.69, 9.17) is 11.6 Å². The molecule has 2 rings (SSSR count). The fourth-order valence-electron chi connectivity index (χ4n) is 1.99. The molecule has 0 amide bonds. The molecule has 1 atom stereocenters. The molecule has 0 N–H and O–H groups in total. The fourth-order valence-corrected chi connectivity index (χ4v) is 3.12. The van der Waals surface area contributed by atoms with Gasteiger partial charge in [0.25, 0.3) is 0 Å². The topological polar surface area (TPSA) is 63.2 Å². The van der Waals surface area contributed by atoms with Crippen molar-refractivity contribution in [2.24, 2.45) is 0 Å². The predicted molar refractivity (Wildman–Crippen MR) is 73.9 cm³/mol. The van der Waals surface area contributed by atoms with Crippen molar-refractivity contribution in [1.82, 2.24) is 9.97 Å². The summed E-state index contributed by atoms with van der Waals surface area (Å²) in [7, 11) is -3.47. The van der Waals surface area contributed by atoms with Gasteiger partial charge in [-0.2, -0.15) is 4.98 Å². The van der Waals surface area contributed by atoms with Crippen LogP contribution in [-0.4, -0.2) is 37.2 Å². The van der Waals surface area contributed by atoms with Crippen LogP contribution in [0.2, 0.25) is 5.15 Å². The molecule has 0 aromatic carbocycles. The second-order valence-corrected chi connectivity index (χ2v) is 7.45. The maximum absolute atomic E-state index is 11.5. The third-order valence-electron chi connectivity index (χ3n) is 2.93. The van der Waals surface area contributed by atoms with Crippen LogP contribution in [0.1, 0.15) is 19.8 Å². The van der Waals surface area contributed by atoms with Crippen molar-refractivity contribution < 1.29 is 8.42 Å². The highest BCUT2D eigenvalue weighted by Gasteiger charge is 2.27. The van der Waals surface area contributed by atoms with Gasteiger partial charge in [0.1, 0.15) is 11.0 Å². The number of hydrogen-bond acceptors (Lipinski definition) is 5. The highest BCUT2D eigenvalue weighted by atomic mass is 79.9. The maximum Gasteiger partial charge on any atom is 0.250 e. The normalized spacial score (nSPS) is 20.4. The Bertz CT molecular complexity index is 579. The molecular weight excluding hydrogens is 342 g/mol. The standard InChI is InChI=1S/C10H13BrClN3O2S/c1-6-4-3-5-15(6)9-7(11)8(12)13-10(14-9)18(2,16)17/h6H,3-5H2,1-2H3. The van der Waals surface area contributed by atoms with Crippen LogP contribution in [0.25, 0.3) is 0 Å². The van der Waals surface area contributed by atoms with E-state index in [0.29, 0.717) is 16.3 Å². The first-order valence-electron chi connectivity index (χ1n) is 5.50. The predicted octanol–water partition coefficient (Wildman–Crippen LogP) is 2.28. The molecule has 0 bridgehead atoms. The number of halogens is 2. The van der Waals surface area contributed by atoms with Crippen LogP contribution < -0.4 is 4.90 Å². The highest BCUT2D eigenvalue weighted by molar-refractivity contribution is 9.10. The Balaban J connectivity index is 2.56. The fraction of sp³-hybridized carbons (Fsp3) is 0.600. The number of hydrogen-bond donors (Lipinski definition) is 0. The third-order valence-corrected chi connectivity index (χ3v) is 5.01. The van der Waals surface area contributed by atoms with Crippen LogP contribution >= 0.6 is 27.5 Å². The minimum Gasteiger partial charge on any atom is -0.353 e. The van der Waals surface area contributed by atoms with Gasteiger partial charge in [0.15, 0.2) is 0 Å². The second kappa shape index (κ2) is 4.94. The van der Waals surface area contributed by atoms with Gasteiger partial charge in [-0.15, -0.1) is 0 Å². The second-order valence-electron chi connectivity index (χ2n) is 4.39. The lowest BCUT2D eigenvalue weighted by Crippen LogP contribution is -2.28. The zero-order valence-electron chi connectivity index (χ0n) is 10.0. The molecular formula is C10H13BrClN3O2S. The Morgan fingerprint density at radius 3 is 2.61 bits per heavy atom. The Kier molecular flexibility index (Phi) is 3.85. The van der Waals surface area contributed by atoms with Crippen molar-refractivity contribution in [3.05, 3.63) is 9.63 Å². The van der Waals surface area contributed by atoms with E-state index in [2.05, 4.69) is 32.8 Å². The van der Waals surface area contributed by atoms with E-state index in [0.717, 1.165) is 25.6 Å².